The summed E-state index contributed by atoms with van der Waals surface area (Å²) in [6.45, 7) is 1.42. The zero-order valence-corrected chi connectivity index (χ0v) is 12.7. The highest BCUT2D eigenvalue weighted by molar-refractivity contribution is 5.37. The van der Waals surface area contributed by atoms with E-state index in [1.54, 1.807) is 36.4 Å². The van der Waals surface area contributed by atoms with Crippen LogP contribution in [-0.4, -0.2) is 47.7 Å². The van der Waals surface area contributed by atoms with Gasteiger partial charge in [-0.15, -0.1) is 0 Å². The maximum Gasteiger partial charge on any atom is 0.160 e. The highest BCUT2D eigenvalue weighted by atomic mass is 16.5. The van der Waals surface area contributed by atoms with E-state index in [0.717, 1.165) is 0 Å². The number of rotatable bonds is 9. The summed E-state index contributed by atoms with van der Waals surface area (Å²) in [4.78, 5) is 0. The standard InChI is InChI=1S/C17H21NO5/c19-13-5-7-15(8-6-13)23-12-14(20)11-18-9-10-22-17-4-2-1-3-16(17)21/h1-8,14,18-21H,9-12H2. The molecule has 0 amide bonds. The molecule has 0 aliphatic rings. The van der Waals surface area contributed by atoms with Crippen molar-refractivity contribution in [1.82, 2.24) is 5.32 Å². The maximum absolute atomic E-state index is 9.81. The molecule has 0 radical (unpaired) electrons. The summed E-state index contributed by atoms with van der Waals surface area (Å²) < 4.78 is 10.8. The van der Waals surface area contributed by atoms with Crippen LogP contribution in [0.2, 0.25) is 0 Å². The van der Waals surface area contributed by atoms with Crippen molar-refractivity contribution < 1.29 is 24.8 Å². The summed E-state index contributed by atoms with van der Waals surface area (Å²) in [5.74, 6) is 1.30. The number of aromatic hydroxyl groups is 2. The average Bonchev–Trinajstić information content (AvgIpc) is 2.55. The number of nitrogens with one attached hydrogen (secondary N) is 1. The SMILES string of the molecule is Oc1ccc(OCC(O)CNCCOc2ccccc2O)cc1. The van der Waals surface area contributed by atoms with E-state index in [1.807, 2.05) is 0 Å². The summed E-state index contributed by atoms with van der Waals surface area (Å²) in [6, 6.07) is 13.1. The highest BCUT2D eigenvalue weighted by Gasteiger charge is 2.05. The van der Waals surface area contributed by atoms with Crippen LogP contribution in [0.15, 0.2) is 48.5 Å². The molecule has 2 rings (SSSR count). The van der Waals surface area contributed by atoms with Crippen LogP contribution in [0.5, 0.6) is 23.0 Å². The Hall–Kier alpha value is -2.44. The zero-order chi connectivity index (χ0) is 16.5. The van der Waals surface area contributed by atoms with E-state index in [2.05, 4.69) is 5.32 Å². The Morgan fingerprint density at radius 3 is 2.43 bits per heavy atom. The molecule has 0 aromatic heterocycles. The highest BCUT2D eigenvalue weighted by Crippen LogP contribution is 2.23. The molecular weight excluding hydrogens is 298 g/mol. The van der Waals surface area contributed by atoms with Crippen LogP contribution < -0.4 is 14.8 Å². The number of para-hydroxylation sites is 2. The van der Waals surface area contributed by atoms with Gasteiger partial charge in [0.2, 0.25) is 0 Å². The molecule has 4 N–H and O–H groups in total. The van der Waals surface area contributed by atoms with Crippen molar-refractivity contribution in [3.8, 4) is 23.0 Å². The van der Waals surface area contributed by atoms with Gasteiger partial charge < -0.3 is 30.1 Å². The topological polar surface area (TPSA) is 91.2 Å². The lowest BCUT2D eigenvalue weighted by Gasteiger charge is -2.14. The van der Waals surface area contributed by atoms with Gasteiger partial charge in [0.1, 0.15) is 30.8 Å². The van der Waals surface area contributed by atoms with Gasteiger partial charge >= 0.3 is 0 Å². The molecule has 6 nitrogen and oxygen atoms in total. The molecule has 1 atom stereocenters. The van der Waals surface area contributed by atoms with Gasteiger partial charge in [-0.1, -0.05) is 12.1 Å². The molecule has 2 aromatic rings. The van der Waals surface area contributed by atoms with Crippen LogP contribution >= 0.6 is 0 Å². The Bertz CT molecular complexity index is 588. The van der Waals surface area contributed by atoms with E-state index in [-0.39, 0.29) is 18.1 Å². The smallest absolute Gasteiger partial charge is 0.160 e. The van der Waals surface area contributed by atoms with Gasteiger partial charge in [0.05, 0.1) is 0 Å². The first kappa shape index (κ1) is 16.9. The van der Waals surface area contributed by atoms with Crippen molar-refractivity contribution in [1.29, 1.82) is 0 Å². The Kier molecular flexibility index (Phi) is 6.53. The third kappa shape index (κ3) is 6.06. The molecule has 0 spiro atoms. The fourth-order valence-electron chi connectivity index (χ4n) is 1.87. The summed E-state index contributed by atoms with van der Waals surface area (Å²) in [5, 5.41) is 31.5. The van der Waals surface area contributed by atoms with Crippen molar-refractivity contribution >= 4 is 0 Å². The van der Waals surface area contributed by atoms with Crippen LogP contribution in [0.25, 0.3) is 0 Å². The molecule has 0 fully saturated rings. The Morgan fingerprint density at radius 2 is 1.70 bits per heavy atom. The second kappa shape index (κ2) is 8.87. The fraction of sp³-hybridized carbons (Fsp3) is 0.294. The lowest BCUT2D eigenvalue weighted by atomic mass is 10.3. The Balaban J connectivity index is 1.57. The minimum atomic E-state index is -0.658. The second-order valence-corrected chi connectivity index (χ2v) is 4.98. The van der Waals surface area contributed by atoms with Crippen molar-refractivity contribution in [2.75, 3.05) is 26.3 Å². The second-order valence-electron chi connectivity index (χ2n) is 4.98. The molecule has 23 heavy (non-hydrogen) atoms. The minimum Gasteiger partial charge on any atom is -0.508 e. The van der Waals surface area contributed by atoms with Gasteiger partial charge in [-0.05, 0) is 36.4 Å². The fourth-order valence-corrected chi connectivity index (χ4v) is 1.87. The number of hydrogen-bond donors (Lipinski definition) is 4. The number of aliphatic hydroxyl groups excluding tert-OH is 1. The van der Waals surface area contributed by atoms with Crippen LogP contribution in [0.4, 0.5) is 0 Å². The number of phenolic OH excluding ortho intramolecular Hbond substituents is 2. The molecule has 6 heteroatoms. The molecule has 0 saturated heterocycles. The monoisotopic (exact) mass is 319 g/mol. The van der Waals surface area contributed by atoms with Gasteiger partial charge in [-0.2, -0.15) is 0 Å². The van der Waals surface area contributed by atoms with E-state index in [4.69, 9.17) is 14.6 Å². The van der Waals surface area contributed by atoms with Crippen molar-refractivity contribution in [3.05, 3.63) is 48.5 Å². The molecule has 1 unspecified atom stereocenters. The lowest BCUT2D eigenvalue weighted by Crippen LogP contribution is -2.33. The van der Waals surface area contributed by atoms with Crippen LogP contribution in [0.3, 0.4) is 0 Å². The van der Waals surface area contributed by atoms with E-state index in [9.17, 15) is 10.2 Å². The summed E-state index contributed by atoms with van der Waals surface area (Å²) in [5.41, 5.74) is 0. The number of phenols is 2. The summed E-state index contributed by atoms with van der Waals surface area (Å²) in [7, 11) is 0. The number of aliphatic hydroxyl groups is 1. The predicted octanol–water partition coefficient (Wildman–Crippen LogP) is 1.51. The Morgan fingerprint density at radius 1 is 0.957 bits per heavy atom. The molecule has 124 valence electrons. The molecule has 0 aliphatic carbocycles. The van der Waals surface area contributed by atoms with Crippen LogP contribution in [-0.2, 0) is 0 Å². The van der Waals surface area contributed by atoms with Gasteiger partial charge in [-0.3, -0.25) is 0 Å². The van der Waals surface area contributed by atoms with Crippen molar-refractivity contribution in [2.24, 2.45) is 0 Å². The maximum atomic E-state index is 9.81. The molecular formula is C17H21NO5. The van der Waals surface area contributed by atoms with E-state index in [1.165, 1.54) is 12.1 Å². The molecule has 2 aromatic carbocycles. The first-order valence-electron chi connectivity index (χ1n) is 7.36. The molecule has 0 bridgehead atoms. The molecule has 0 aliphatic heterocycles. The van der Waals surface area contributed by atoms with Gasteiger partial charge in [0.15, 0.2) is 11.5 Å². The van der Waals surface area contributed by atoms with Crippen LogP contribution in [0, 0.1) is 0 Å². The largest absolute Gasteiger partial charge is 0.508 e. The first-order valence-corrected chi connectivity index (χ1v) is 7.36. The average molecular weight is 319 g/mol. The van der Waals surface area contributed by atoms with E-state index < -0.39 is 6.10 Å². The van der Waals surface area contributed by atoms with Gasteiger partial charge in [0.25, 0.3) is 0 Å². The predicted molar refractivity (Wildman–Crippen MR) is 86.1 cm³/mol. The number of benzene rings is 2. The zero-order valence-electron chi connectivity index (χ0n) is 12.7. The normalized spacial score (nSPS) is 11.9. The van der Waals surface area contributed by atoms with Crippen LogP contribution in [0.1, 0.15) is 0 Å². The van der Waals surface area contributed by atoms with Crippen molar-refractivity contribution in [2.45, 2.75) is 6.10 Å². The summed E-state index contributed by atoms with van der Waals surface area (Å²) >= 11 is 0. The van der Waals surface area contributed by atoms with E-state index >= 15 is 0 Å². The number of ether oxygens (including phenoxy) is 2. The van der Waals surface area contributed by atoms with E-state index in [0.29, 0.717) is 31.2 Å². The van der Waals surface area contributed by atoms with Gasteiger partial charge in [-0.25, -0.2) is 0 Å². The summed E-state index contributed by atoms with van der Waals surface area (Å²) in [6.07, 6.45) is -0.658. The molecule has 0 heterocycles. The third-order valence-electron chi connectivity index (χ3n) is 3.06. The molecule has 0 saturated carbocycles. The third-order valence-corrected chi connectivity index (χ3v) is 3.06. The Labute approximate surface area is 134 Å². The number of hydrogen-bond acceptors (Lipinski definition) is 6. The lowest BCUT2D eigenvalue weighted by molar-refractivity contribution is 0.105. The quantitative estimate of drug-likeness (QED) is 0.524. The van der Waals surface area contributed by atoms with Gasteiger partial charge in [0, 0.05) is 13.1 Å². The minimum absolute atomic E-state index is 0.106. The first-order chi connectivity index (χ1) is 11.1. The van der Waals surface area contributed by atoms with Crippen molar-refractivity contribution in [3.63, 3.8) is 0 Å².